The smallest absolute Gasteiger partial charge is 0.265 e. The van der Waals surface area contributed by atoms with Crippen LogP contribution >= 0.6 is 0 Å². The molecule has 178 valence electrons. The molecule has 1 N–H and O–H groups in total. The van der Waals surface area contributed by atoms with Crippen LogP contribution in [0.3, 0.4) is 0 Å². The van der Waals surface area contributed by atoms with Gasteiger partial charge >= 0.3 is 0 Å². The van der Waals surface area contributed by atoms with E-state index in [4.69, 9.17) is 14.3 Å². The second kappa shape index (κ2) is 11.7. The van der Waals surface area contributed by atoms with Gasteiger partial charge < -0.3 is 19.6 Å². The molecular formula is C23H29N3O6S. The molecule has 1 amide bonds. The maximum absolute atomic E-state index is 13.0. The molecule has 0 radical (unpaired) electrons. The van der Waals surface area contributed by atoms with Crippen molar-refractivity contribution in [2.24, 2.45) is 5.16 Å². The lowest BCUT2D eigenvalue weighted by molar-refractivity contribution is -0.120. The molecule has 1 saturated heterocycles. The van der Waals surface area contributed by atoms with E-state index in [9.17, 15) is 13.2 Å². The van der Waals surface area contributed by atoms with Crippen LogP contribution in [-0.4, -0.2) is 58.8 Å². The van der Waals surface area contributed by atoms with E-state index in [0.29, 0.717) is 35.8 Å². The number of oxime groups is 1. The average molecular weight is 476 g/mol. The van der Waals surface area contributed by atoms with Crippen LogP contribution in [0.15, 0.2) is 52.5 Å². The Morgan fingerprint density at radius 3 is 2.45 bits per heavy atom. The summed E-state index contributed by atoms with van der Waals surface area (Å²) < 4.78 is 37.9. The first-order chi connectivity index (χ1) is 15.9. The molecule has 0 aromatic heterocycles. The van der Waals surface area contributed by atoms with Crippen LogP contribution in [-0.2, 0) is 19.7 Å². The second-order valence-electron chi connectivity index (χ2n) is 7.52. The Morgan fingerprint density at radius 2 is 1.76 bits per heavy atom. The molecule has 1 aliphatic heterocycles. The van der Waals surface area contributed by atoms with E-state index >= 15 is 0 Å². The van der Waals surface area contributed by atoms with Crippen LogP contribution in [0.1, 0.15) is 31.2 Å². The van der Waals surface area contributed by atoms with E-state index in [2.05, 4.69) is 10.5 Å². The highest BCUT2D eigenvalue weighted by Gasteiger charge is 2.25. The second-order valence-corrected chi connectivity index (χ2v) is 9.45. The molecule has 33 heavy (non-hydrogen) atoms. The number of amides is 1. The van der Waals surface area contributed by atoms with Gasteiger partial charge in [0.2, 0.25) is 10.0 Å². The first-order valence-electron chi connectivity index (χ1n) is 10.7. The van der Waals surface area contributed by atoms with Crippen molar-refractivity contribution in [1.29, 1.82) is 0 Å². The van der Waals surface area contributed by atoms with Gasteiger partial charge in [-0.15, -0.1) is 0 Å². The monoisotopic (exact) mass is 475 g/mol. The van der Waals surface area contributed by atoms with E-state index in [1.54, 1.807) is 43.5 Å². The van der Waals surface area contributed by atoms with Crippen LogP contribution in [0, 0.1) is 0 Å². The third-order valence-corrected chi connectivity index (χ3v) is 7.09. The molecule has 0 atom stereocenters. The fourth-order valence-electron chi connectivity index (χ4n) is 3.49. The summed E-state index contributed by atoms with van der Waals surface area (Å²) in [4.78, 5) is 17.4. The Bertz CT molecular complexity index is 1080. The third kappa shape index (κ3) is 6.69. The van der Waals surface area contributed by atoms with Crippen molar-refractivity contribution in [2.75, 3.05) is 39.2 Å². The first-order valence-corrected chi connectivity index (χ1v) is 12.2. The highest BCUT2D eigenvalue weighted by atomic mass is 32.2. The van der Waals surface area contributed by atoms with Crippen LogP contribution < -0.4 is 14.8 Å². The van der Waals surface area contributed by atoms with Gasteiger partial charge in [0.25, 0.3) is 5.91 Å². The number of hydrogen-bond acceptors (Lipinski definition) is 7. The van der Waals surface area contributed by atoms with Gasteiger partial charge in [-0.05, 0) is 49.2 Å². The molecule has 0 bridgehead atoms. The number of carbonyl (C=O) groups is 1. The van der Waals surface area contributed by atoms with Gasteiger partial charge in [-0.3, -0.25) is 4.79 Å². The third-order valence-electron chi connectivity index (χ3n) is 5.20. The Labute approximate surface area is 194 Å². The fourth-order valence-corrected chi connectivity index (χ4v) is 5.05. The number of rotatable bonds is 9. The van der Waals surface area contributed by atoms with Gasteiger partial charge in [0.15, 0.2) is 18.1 Å². The standard InChI is InChI=1S/C23H29N3O6S/c1-30-21-11-10-18(14-22(21)31-2)16-24-32-17-23(27)25-19-8-7-9-20(15-19)33(28,29)26-12-5-3-4-6-13-26/h7-11,14-16H,3-6,12-13,17H2,1-2H3,(H,25,27)/b24-16+. The first kappa shape index (κ1) is 24.5. The summed E-state index contributed by atoms with van der Waals surface area (Å²) in [7, 11) is -0.513. The molecule has 2 aromatic carbocycles. The predicted octanol–water partition coefficient (Wildman–Crippen LogP) is 3.26. The molecule has 10 heteroatoms. The van der Waals surface area contributed by atoms with E-state index in [0.717, 1.165) is 25.7 Å². The Kier molecular flexibility index (Phi) is 8.67. The van der Waals surface area contributed by atoms with Crippen molar-refractivity contribution in [1.82, 2.24) is 4.31 Å². The van der Waals surface area contributed by atoms with Crippen LogP contribution in [0.5, 0.6) is 11.5 Å². The molecule has 0 spiro atoms. The molecule has 1 fully saturated rings. The maximum Gasteiger partial charge on any atom is 0.265 e. The van der Waals surface area contributed by atoms with Gasteiger partial charge in [-0.25, -0.2) is 8.42 Å². The number of hydrogen-bond donors (Lipinski definition) is 1. The lowest BCUT2D eigenvalue weighted by atomic mass is 10.2. The van der Waals surface area contributed by atoms with Crippen molar-refractivity contribution in [3.63, 3.8) is 0 Å². The Morgan fingerprint density at radius 1 is 1.03 bits per heavy atom. The lowest BCUT2D eigenvalue weighted by Crippen LogP contribution is -2.32. The highest BCUT2D eigenvalue weighted by Crippen LogP contribution is 2.27. The van der Waals surface area contributed by atoms with Crippen molar-refractivity contribution in [2.45, 2.75) is 30.6 Å². The maximum atomic E-state index is 13.0. The summed E-state index contributed by atoms with van der Waals surface area (Å²) in [5.41, 5.74) is 1.09. The van der Waals surface area contributed by atoms with E-state index in [1.165, 1.54) is 23.7 Å². The molecule has 0 unspecified atom stereocenters. The van der Waals surface area contributed by atoms with Gasteiger partial charge in [-0.2, -0.15) is 4.31 Å². The highest BCUT2D eigenvalue weighted by molar-refractivity contribution is 7.89. The quantitative estimate of drug-likeness (QED) is 0.441. The molecule has 1 aliphatic rings. The summed E-state index contributed by atoms with van der Waals surface area (Å²) in [6, 6.07) is 11.5. The zero-order chi connectivity index (χ0) is 23.7. The largest absolute Gasteiger partial charge is 0.493 e. The van der Waals surface area contributed by atoms with Crippen molar-refractivity contribution in [3.8, 4) is 11.5 Å². The van der Waals surface area contributed by atoms with Crippen molar-refractivity contribution in [3.05, 3.63) is 48.0 Å². The Balaban J connectivity index is 1.56. The molecule has 3 rings (SSSR count). The molecule has 1 heterocycles. The normalized spacial score (nSPS) is 15.1. The van der Waals surface area contributed by atoms with E-state index in [1.807, 2.05) is 0 Å². The minimum Gasteiger partial charge on any atom is -0.493 e. The van der Waals surface area contributed by atoms with E-state index in [-0.39, 0.29) is 11.5 Å². The molecule has 0 saturated carbocycles. The van der Waals surface area contributed by atoms with Crippen molar-refractivity contribution >= 4 is 27.8 Å². The molecule has 9 nitrogen and oxygen atoms in total. The van der Waals surface area contributed by atoms with E-state index < -0.39 is 15.9 Å². The topological polar surface area (TPSA) is 107 Å². The number of ether oxygens (including phenoxy) is 2. The molecular weight excluding hydrogens is 446 g/mol. The SMILES string of the molecule is COc1ccc(/C=N/OCC(=O)Nc2cccc(S(=O)(=O)N3CCCCCC3)c2)cc1OC. The van der Waals surface area contributed by atoms with Gasteiger partial charge in [0.05, 0.1) is 25.3 Å². The van der Waals surface area contributed by atoms with Crippen molar-refractivity contribution < 1.29 is 27.5 Å². The fraction of sp³-hybridized carbons (Fsp3) is 0.391. The zero-order valence-electron chi connectivity index (χ0n) is 18.8. The summed E-state index contributed by atoms with van der Waals surface area (Å²) in [5.74, 6) is 0.688. The average Bonchev–Trinajstić information content (AvgIpc) is 3.12. The number of nitrogens with one attached hydrogen (secondary N) is 1. The number of carbonyl (C=O) groups excluding carboxylic acids is 1. The van der Waals surface area contributed by atoms with Crippen LogP contribution in [0.2, 0.25) is 0 Å². The number of benzene rings is 2. The summed E-state index contributed by atoms with van der Waals surface area (Å²) in [6.07, 6.45) is 5.24. The summed E-state index contributed by atoms with van der Waals surface area (Å²) in [6.45, 7) is 0.711. The van der Waals surface area contributed by atoms with Crippen LogP contribution in [0.4, 0.5) is 5.69 Å². The van der Waals surface area contributed by atoms with Gasteiger partial charge in [0, 0.05) is 24.3 Å². The molecule has 2 aromatic rings. The van der Waals surface area contributed by atoms with Gasteiger partial charge in [0.1, 0.15) is 0 Å². The number of anilines is 1. The number of methoxy groups -OCH3 is 2. The summed E-state index contributed by atoms with van der Waals surface area (Å²) in [5, 5.41) is 6.44. The van der Waals surface area contributed by atoms with Crippen LogP contribution in [0.25, 0.3) is 0 Å². The number of sulfonamides is 1. The predicted molar refractivity (Wildman–Crippen MR) is 125 cm³/mol. The summed E-state index contributed by atoms with van der Waals surface area (Å²) >= 11 is 0. The Hall–Kier alpha value is -3.11. The number of nitrogens with zero attached hydrogens (tertiary/aromatic N) is 2. The minimum absolute atomic E-state index is 0.162. The van der Waals surface area contributed by atoms with Gasteiger partial charge in [-0.1, -0.05) is 24.1 Å². The lowest BCUT2D eigenvalue weighted by Gasteiger charge is -2.20. The molecule has 0 aliphatic carbocycles. The minimum atomic E-state index is -3.60. The zero-order valence-corrected chi connectivity index (χ0v) is 19.6.